The van der Waals surface area contributed by atoms with Crippen LogP contribution in [0, 0.1) is 0 Å². The molecule has 0 aromatic carbocycles. The average Bonchev–Trinajstić information content (AvgIpc) is 2.90. The quantitative estimate of drug-likeness (QED) is 0.892. The van der Waals surface area contributed by atoms with E-state index in [0.717, 1.165) is 19.4 Å². The third-order valence-corrected chi connectivity index (χ3v) is 3.42. The lowest BCUT2D eigenvalue weighted by Crippen LogP contribution is -2.46. The third kappa shape index (κ3) is 2.73. The molecule has 0 radical (unpaired) electrons. The third-order valence-electron chi connectivity index (χ3n) is 3.25. The van der Waals surface area contributed by atoms with Crippen molar-refractivity contribution in [3.63, 3.8) is 0 Å². The zero-order valence-electron chi connectivity index (χ0n) is 11.1. The van der Waals surface area contributed by atoms with Crippen molar-refractivity contribution >= 4 is 17.5 Å². The van der Waals surface area contributed by atoms with E-state index in [2.05, 4.69) is 20.1 Å². The van der Waals surface area contributed by atoms with Crippen molar-refractivity contribution in [3.05, 3.63) is 23.7 Å². The lowest BCUT2D eigenvalue weighted by molar-refractivity contribution is 0.0444. The van der Waals surface area contributed by atoms with E-state index in [9.17, 15) is 5.11 Å². The number of hydrogen-bond acceptors (Lipinski definition) is 6. The molecule has 1 atom stereocenters. The highest BCUT2D eigenvalue weighted by atomic mass is 35.5. The number of rotatable bonds is 2. The predicted octanol–water partition coefficient (Wildman–Crippen LogP) is 1.06. The first-order chi connectivity index (χ1) is 9.53. The Balaban J connectivity index is 1.94. The minimum atomic E-state index is -0.733. The fourth-order valence-corrected chi connectivity index (χ4v) is 2.50. The Morgan fingerprint density at radius 2 is 2.10 bits per heavy atom. The molecule has 2 aromatic heterocycles. The molecule has 1 aliphatic rings. The van der Waals surface area contributed by atoms with Gasteiger partial charge in [0.25, 0.3) is 5.95 Å². The second-order valence-electron chi connectivity index (χ2n) is 5.18. The van der Waals surface area contributed by atoms with Crippen LogP contribution in [0.15, 0.2) is 18.5 Å². The first-order valence-corrected chi connectivity index (χ1v) is 6.80. The molecule has 1 fully saturated rings. The number of anilines is 1. The molecule has 1 N–H and O–H groups in total. The van der Waals surface area contributed by atoms with Crippen LogP contribution in [0.1, 0.15) is 19.8 Å². The van der Waals surface area contributed by atoms with Crippen LogP contribution < -0.4 is 4.90 Å². The molecule has 0 saturated carbocycles. The van der Waals surface area contributed by atoms with Crippen LogP contribution in [-0.4, -0.2) is 48.5 Å². The van der Waals surface area contributed by atoms with Gasteiger partial charge in [-0.05, 0) is 37.4 Å². The minimum Gasteiger partial charge on any atom is -0.388 e. The van der Waals surface area contributed by atoms with E-state index in [1.807, 2.05) is 11.8 Å². The maximum absolute atomic E-state index is 10.2. The average molecular weight is 295 g/mol. The summed E-state index contributed by atoms with van der Waals surface area (Å²) in [4.78, 5) is 14.5. The number of hydrogen-bond donors (Lipinski definition) is 1. The molecule has 7 nitrogen and oxygen atoms in total. The molecule has 0 aliphatic carbocycles. The summed E-state index contributed by atoms with van der Waals surface area (Å²) in [5.41, 5.74) is -0.733. The van der Waals surface area contributed by atoms with Crippen molar-refractivity contribution in [2.75, 3.05) is 18.0 Å². The Hall–Kier alpha value is -1.73. The molecule has 0 spiro atoms. The predicted molar refractivity (Wildman–Crippen MR) is 74.0 cm³/mol. The molecule has 8 heteroatoms. The minimum absolute atomic E-state index is 0.116. The second kappa shape index (κ2) is 4.99. The molecule has 20 heavy (non-hydrogen) atoms. The van der Waals surface area contributed by atoms with Crippen molar-refractivity contribution in [1.29, 1.82) is 0 Å². The summed E-state index contributed by atoms with van der Waals surface area (Å²) in [5.74, 6) is 0.839. The Morgan fingerprint density at radius 1 is 1.30 bits per heavy atom. The summed E-state index contributed by atoms with van der Waals surface area (Å²) in [6, 6.07) is 1.78. The van der Waals surface area contributed by atoms with Gasteiger partial charge in [0.05, 0.1) is 5.60 Å². The maximum atomic E-state index is 10.2. The number of piperidine rings is 1. The zero-order chi connectivity index (χ0) is 14.2. The number of aliphatic hydroxyl groups is 1. The van der Waals surface area contributed by atoms with Crippen LogP contribution in [0.4, 0.5) is 5.95 Å². The summed E-state index contributed by atoms with van der Waals surface area (Å²) in [6.45, 7) is 3.08. The number of β-amino-alcohol motifs (C(OH)–C–C–N with tert-alkyl or cyclic N) is 1. The van der Waals surface area contributed by atoms with Crippen LogP contribution in [0.3, 0.4) is 0 Å². The van der Waals surface area contributed by atoms with E-state index in [1.165, 1.54) is 4.68 Å². The second-order valence-corrected chi connectivity index (χ2v) is 5.52. The van der Waals surface area contributed by atoms with Crippen molar-refractivity contribution in [2.24, 2.45) is 0 Å². The van der Waals surface area contributed by atoms with Crippen LogP contribution in [0.5, 0.6) is 0 Å². The van der Waals surface area contributed by atoms with Crippen molar-refractivity contribution in [1.82, 2.24) is 24.7 Å². The first-order valence-electron chi connectivity index (χ1n) is 6.42. The molecule has 3 rings (SSSR count). The standard InChI is InChI=1S/C12H15ClN6O/c1-12(20)4-2-6-18(8-12)10-15-9(13)16-11(17-10)19-7-3-5-14-19/h3,5,7,20H,2,4,6,8H2,1H3. The zero-order valence-corrected chi connectivity index (χ0v) is 11.8. The Kier molecular flexibility index (Phi) is 3.31. The van der Waals surface area contributed by atoms with E-state index in [1.54, 1.807) is 18.5 Å². The van der Waals surface area contributed by atoms with Gasteiger partial charge in [-0.25, -0.2) is 4.68 Å². The van der Waals surface area contributed by atoms with Gasteiger partial charge in [0, 0.05) is 25.5 Å². The van der Waals surface area contributed by atoms with E-state index < -0.39 is 5.60 Å². The maximum Gasteiger partial charge on any atom is 0.256 e. The molecule has 1 saturated heterocycles. The highest BCUT2D eigenvalue weighted by Crippen LogP contribution is 2.24. The molecule has 0 amide bonds. The highest BCUT2D eigenvalue weighted by Gasteiger charge is 2.30. The van der Waals surface area contributed by atoms with E-state index in [4.69, 9.17) is 11.6 Å². The molecule has 3 heterocycles. The van der Waals surface area contributed by atoms with Crippen LogP contribution >= 0.6 is 11.6 Å². The van der Waals surface area contributed by atoms with Crippen LogP contribution in [0.25, 0.3) is 5.95 Å². The SMILES string of the molecule is CC1(O)CCCN(c2nc(Cl)nc(-n3cccn3)n2)C1. The fraction of sp³-hybridized carbons (Fsp3) is 0.500. The monoisotopic (exact) mass is 294 g/mol. The number of halogens is 1. The lowest BCUT2D eigenvalue weighted by Gasteiger charge is -2.36. The van der Waals surface area contributed by atoms with E-state index in [0.29, 0.717) is 18.4 Å². The smallest absolute Gasteiger partial charge is 0.256 e. The molecule has 1 unspecified atom stereocenters. The molecule has 106 valence electrons. The van der Waals surface area contributed by atoms with Gasteiger partial charge in [-0.2, -0.15) is 20.1 Å². The molecule has 0 bridgehead atoms. The fourth-order valence-electron chi connectivity index (χ4n) is 2.35. The largest absolute Gasteiger partial charge is 0.388 e. The van der Waals surface area contributed by atoms with Gasteiger partial charge >= 0.3 is 0 Å². The molecular weight excluding hydrogens is 280 g/mol. The van der Waals surface area contributed by atoms with E-state index in [-0.39, 0.29) is 5.28 Å². The summed E-state index contributed by atoms with van der Waals surface area (Å²) >= 11 is 5.96. The first kappa shape index (κ1) is 13.3. The normalized spacial score (nSPS) is 23.1. The van der Waals surface area contributed by atoms with Gasteiger partial charge in [-0.3, -0.25) is 0 Å². The van der Waals surface area contributed by atoms with Crippen LogP contribution in [0.2, 0.25) is 5.28 Å². The summed E-state index contributed by atoms with van der Waals surface area (Å²) < 4.78 is 1.53. The lowest BCUT2D eigenvalue weighted by atomic mass is 9.95. The van der Waals surface area contributed by atoms with Gasteiger partial charge in [0.1, 0.15) is 0 Å². The summed E-state index contributed by atoms with van der Waals surface area (Å²) in [6.07, 6.45) is 5.03. The van der Waals surface area contributed by atoms with Gasteiger partial charge in [0.2, 0.25) is 11.2 Å². The molecule has 1 aliphatic heterocycles. The van der Waals surface area contributed by atoms with Crippen molar-refractivity contribution in [2.45, 2.75) is 25.4 Å². The Morgan fingerprint density at radius 3 is 2.80 bits per heavy atom. The number of nitrogens with zero attached hydrogens (tertiary/aromatic N) is 6. The summed E-state index contributed by atoms with van der Waals surface area (Å²) in [7, 11) is 0. The van der Waals surface area contributed by atoms with Gasteiger partial charge < -0.3 is 10.0 Å². The van der Waals surface area contributed by atoms with Crippen molar-refractivity contribution in [3.8, 4) is 5.95 Å². The summed E-state index contributed by atoms with van der Waals surface area (Å²) in [5, 5.41) is 14.4. The molecular formula is C12H15ClN6O. The van der Waals surface area contributed by atoms with Gasteiger partial charge in [-0.15, -0.1) is 0 Å². The van der Waals surface area contributed by atoms with Gasteiger partial charge in [0.15, 0.2) is 0 Å². The highest BCUT2D eigenvalue weighted by molar-refractivity contribution is 6.28. The van der Waals surface area contributed by atoms with Gasteiger partial charge in [-0.1, -0.05) is 0 Å². The Labute approximate surface area is 121 Å². The Bertz CT molecular complexity index is 600. The van der Waals surface area contributed by atoms with Crippen molar-refractivity contribution < 1.29 is 5.11 Å². The van der Waals surface area contributed by atoms with E-state index >= 15 is 0 Å². The van der Waals surface area contributed by atoms with Crippen LogP contribution in [-0.2, 0) is 0 Å². The molecule has 2 aromatic rings. The topological polar surface area (TPSA) is 80.0 Å². The number of aromatic nitrogens is 5.